The Kier molecular flexibility index (Phi) is 24.1. The molecule has 0 fully saturated rings. The van der Waals surface area contributed by atoms with E-state index in [9.17, 15) is 14.7 Å². The molecule has 0 bridgehead atoms. The Hall–Kier alpha value is -4.35. The lowest BCUT2D eigenvalue weighted by Gasteiger charge is -2.12. The van der Waals surface area contributed by atoms with Crippen LogP contribution in [-0.2, 0) is 4.74 Å². The maximum atomic E-state index is 12.4. The summed E-state index contributed by atoms with van der Waals surface area (Å²) < 4.78 is 6.30. The van der Waals surface area contributed by atoms with Crippen molar-refractivity contribution in [1.82, 2.24) is 9.97 Å². The van der Waals surface area contributed by atoms with Gasteiger partial charge in [0.2, 0.25) is 10.3 Å². The number of carboxylic acid groups (broad SMARTS) is 1. The van der Waals surface area contributed by atoms with E-state index in [0.717, 1.165) is 38.0 Å². The molecule has 6 aromatic rings. The predicted octanol–water partition coefficient (Wildman–Crippen LogP) is 10.8. The van der Waals surface area contributed by atoms with Gasteiger partial charge in [-0.05, 0) is 44.0 Å². The van der Waals surface area contributed by atoms with Gasteiger partial charge >= 0.3 is 11.9 Å². The van der Waals surface area contributed by atoms with Crippen LogP contribution in [0, 0.1) is 0 Å². The van der Waals surface area contributed by atoms with Crippen LogP contribution in [0.3, 0.4) is 0 Å². The van der Waals surface area contributed by atoms with Crippen molar-refractivity contribution >= 4 is 140 Å². The molecule has 2 atom stereocenters. The normalized spacial score (nSPS) is 11.5. The quantitative estimate of drug-likeness (QED) is 0.0286. The van der Waals surface area contributed by atoms with Gasteiger partial charge in [0.15, 0.2) is 0 Å². The first-order valence-electron chi connectivity index (χ1n) is 19.9. The van der Waals surface area contributed by atoms with Crippen molar-refractivity contribution in [3.05, 3.63) is 140 Å². The molecular formula is C44H45B5Cl2IN6O4S2. The maximum Gasteiger partial charge on any atom is 0.339 e. The minimum Gasteiger partial charge on any atom is -0.478 e. The number of hydrazone groups is 2. The molecule has 64 heavy (non-hydrogen) atoms. The molecule has 6 rings (SSSR count). The number of alkyl halides is 1. The molecule has 0 aliphatic carbocycles. The van der Waals surface area contributed by atoms with Gasteiger partial charge in [0.05, 0.1) is 41.0 Å². The van der Waals surface area contributed by atoms with Gasteiger partial charge in [-0.25, -0.2) is 29.6 Å². The lowest BCUT2D eigenvalue weighted by molar-refractivity contribution is 0.0334. The van der Waals surface area contributed by atoms with Crippen molar-refractivity contribution in [2.24, 2.45) is 10.2 Å². The Bertz CT molecular complexity index is 2440. The Balaban J connectivity index is 0.000000283. The third-order valence-corrected chi connectivity index (χ3v) is 12.0. The first-order chi connectivity index (χ1) is 30.6. The van der Waals surface area contributed by atoms with Crippen LogP contribution in [-0.4, -0.2) is 100 Å². The number of aromatic carboxylic acids is 1. The molecule has 0 saturated heterocycles. The third kappa shape index (κ3) is 17.9. The molecule has 4 aromatic carbocycles. The number of thiazole rings is 2. The van der Waals surface area contributed by atoms with Crippen LogP contribution in [0.5, 0.6) is 0 Å². The van der Waals surface area contributed by atoms with Crippen LogP contribution in [0.15, 0.2) is 118 Å². The van der Waals surface area contributed by atoms with Gasteiger partial charge in [0, 0.05) is 97.7 Å². The number of hydrogen-bond donors (Lipinski definition) is 1. The standard InChI is InChI=1S/C22H22ClN3O2S.C18H14ClN3O2S.C4H9I.B5/c1-4-15(2)28-21(27)17-10-6-5-9-16(17)13-24-26(3)22-25-20(14-29-22)18-11-7-8-12-19(18)23;1-22(20-10-12-6-2-3-7-13(12)17(23)24)18-21-16(11-25-18)14-8-4-5-9-15(14)19;1-3-4(2)5;1-4-5(2)3/h5-15H,4H2,1-3H3;2-11H,1H3,(H,23,24);4H,3H2,1-2H3;/b24-13+;20-10+;;. The summed E-state index contributed by atoms with van der Waals surface area (Å²) in [6, 6.07) is 29.0. The Labute approximate surface area is 413 Å². The fourth-order valence-electron chi connectivity index (χ4n) is 4.74. The van der Waals surface area contributed by atoms with Crippen LogP contribution in [0.4, 0.5) is 10.3 Å². The molecule has 2 aromatic heterocycles. The van der Waals surface area contributed by atoms with Gasteiger partial charge in [0.25, 0.3) is 0 Å². The average Bonchev–Trinajstić information content (AvgIpc) is 4.00. The molecule has 1 N–H and O–H groups in total. The molecule has 20 heteroatoms. The highest BCUT2D eigenvalue weighted by molar-refractivity contribution is 14.1. The number of carbonyl (C=O) groups excluding carboxylic acids is 1. The zero-order valence-corrected chi connectivity index (χ0v) is 41.6. The van der Waals surface area contributed by atoms with E-state index >= 15 is 0 Å². The van der Waals surface area contributed by atoms with E-state index in [1.165, 1.54) is 42.4 Å². The number of esters is 1. The number of ether oxygens (including phenoxy) is 1. The second kappa shape index (κ2) is 28.5. The molecule has 2 heterocycles. The van der Waals surface area contributed by atoms with E-state index in [4.69, 9.17) is 51.1 Å². The number of carboxylic acids is 1. The van der Waals surface area contributed by atoms with Crippen LogP contribution in [0.2, 0.25) is 10.0 Å². The third-order valence-electron chi connectivity index (χ3n) is 8.62. The maximum absolute atomic E-state index is 12.4. The number of rotatable bonds is 14. The monoisotopic (exact) mass is 1040 g/mol. The zero-order chi connectivity index (χ0) is 47.2. The van der Waals surface area contributed by atoms with E-state index < -0.39 is 12.4 Å². The lowest BCUT2D eigenvalue weighted by Crippen LogP contribution is -2.23. The first kappa shape index (κ1) is 54.0. The van der Waals surface area contributed by atoms with Crippen LogP contribution in [0.1, 0.15) is 72.4 Å². The molecular weight excluding hydrogens is 993 g/mol. The van der Waals surface area contributed by atoms with Gasteiger partial charge in [-0.2, -0.15) is 10.2 Å². The van der Waals surface area contributed by atoms with Crippen molar-refractivity contribution in [3.8, 4) is 22.5 Å². The number of benzene rings is 4. The molecule has 0 saturated carbocycles. The smallest absolute Gasteiger partial charge is 0.339 e. The summed E-state index contributed by atoms with van der Waals surface area (Å²) in [5.41, 5.74) is 5.23. The zero-order valence-electron chi connectivity index (χ0n) is 36.3. The van der Waals surface area contributed by atoms with Gasteiger partial charge in [-0.1, -0.05) is 139 Å². The van der Waals surface area contributed by atoms with Crippen molar-refractivity contribution in [2.45, 2.75) is 50.6 Å². The number of halogens is 3. The van der Waals surface area contributed by atoms with Crippen molar-refractivity contribution in [2.75, 3.05) is 24.1 Å². The second-order valence-corrected chi connectivity index (χ2v) is 18.2. The second-order valence-electron chi connectivity index (χ2n) is 13.6. The number of carbonyl (C=O) groups is 2. The first-order valence-corrected chi connectivity index (χ1v) is 23.6. The number of anilines is 2. The number of nitrogens with zero attached hydrogens (tertiary/aromatic N) is 6. The molecule has 2 unspecified atom stereocenters. The molecule has 10 nitrogen and oxygen atoms in total. The highest BCUT2D eigenvalue weighted by Crippen LogP contribution is 2.33. The van der Waals surface area contributed by atoms with E-state index in [-0.39, 0.29) is 17.6 Å². The SMILES string of the molecule is CCC(C)I.CCC(C)OC(=O)c1ccccc1/C=N/N(C)c1nc(-c2ccccc2Cl)cs1.CN(/N=C/c1ccccc1C(=O)O)c1nc(-c2ccccc2Cl)cs1.[B][B]B([B])[B]. The summed E-state index contributed by atoms with van der Waals surface area (Å²) >= 11 is 17.8. The average molecular weight is 1040 g/mol. The van der Waals surface area contributed by atoms with E-state index in [0.29, 0.717) is 31.9 Å². The summed E-state index contributed by atoms with van der Waals surface area (Å²) in [5, 5.41) is 27.8. The fraction of sp³-hybridized carbons (Fsp3) is 0.227. The molecule has 0 aliphatic heterocycles. The van der Waals surface area contributed by atoms with Crippen LogP contribution >= 0.6 is 68.5 Å². The van der Waals surface area contributed by atoms with Crippen LogP contribution < -0.4 is 10.0 Å². The number of hydrogen-bond acceptors (Lipinski definition) is 11. The van der Waals surface area contributed by atoms with Crippen LogP contribution in [0.25, 0.3) is 22.5 Å². The Morgan fingerprint density at radius 2 is 1.17 bits per heavy atom. The van der Waals surface area contributed by atoms with E-state index in [1.54, 1.807) is 53.6 Å². The topological polar surface area (TPSA) is 121 Å². The lowest BCUT2D eigenvalue weighted by atomic mass is 8.97. The molecule has 7 radical (unpaired) electrons. The Morgan fingerprint density at radius 3 is 1.56 bits per heavy atom. The van der Waals surface area contributed by atoms with Gasteiger partial charge < -0.3 is 9.84 Å². The largest absolute Gasteiger partial charge is 0.478 e. The summed E-state index contributed by atoms with van der Waals surface area (Å²) in [7, 11) is 19.4. The van der Waals surface area contributed by atoms with Crippen molar-refractivity contribution in [1.29, 1.82) is 0 Å². The van der Waals surface area contributed by atoms with E-state index in [2.05, 4.69) is 56.6 Å². The van der Waals surface area contributed by atoms with Gasteiger partial charge in [0.1, 0.15) is 0 Å². The minimum atomic E-state index is -0.986. The van der Waals surface area contributed by atoms with Crippen molar-refractivity contribution in [3.63, 3.8) is 0 Å². The van der Waals surface area contributed by atoms with E-state index in [1.807, 2.05) is 98.4 Å². The van der Waals surface area contributed by atoms with Gasteiger partial charge in [-0.3, -0.25) is 0 Å². The van der Waals surface area contributed by atoms with Crippen molar-refractivity contribution < 1.29 is 19.4 Å². The van der Waals surface area contributed by atoms with Gasteiger partial charge in [-0.15, -0.1) is 22.7 Å². The molecule has 0 amide bonds. The highest BCUT2D eigenvalue weighted by Gasteiger charge is 2.16. The molecule has 0 aliphatic rings. The minimum absolute atomic E-state index is 0.131. The number of aromatic nitrogens is 2. The summed E-state index contributed by atoms with van der Waals surface area (Å²) in [5.74, 6) is -1.33. The fourth-order valence-corrected chi connectivity index (χ4v) is 6.70. The summed E-state index contributed by atoms with van der Waals surface area (Å²) in [6.07, 6.45) is 4.62. The highest BCUT2D eigenvalue weighted by atomic mass is 127. The summed E-state index contributed by atoms with van der Waals surface area (Å²) in [4.78, 5) is 32.8. The predicted molar refractivity (Wildman–Crippen MR) is 285 cm³/mol. The molecule has 323 valence electrons. The Morgan fingerprint density at radius 1 is 0.781 bits per heavy atom. The molecule has 0 spiro atoms. The summed E-state index contributed by atoms with van der Waals surface area (Å²) in [6.45, 7) is 8.25.